The average molecular weight is 414 g/mol. The first-order valence-corrected chi connectivity index (χ1v) is 10.5. The second kappa shape index (κ2) is 11.3. The molecule has 0 atom stereocenters. The summed E-state index contributed by atoms with van der Waals surface area (Å²) in [7, 11) is 1.36. The SMILES string of the molecule is CCCCCCc1c2ccc(CC(=O)OC)ccc-2c(C(=O)OCC)c1NC(C)=O. The minimum Gasteiger partial charge on any atom is -0.469 e. The monoisotopic (exact) mass is 413 g/mol. The minimum atomic E-state index is -0.466. The van der Waals surface area contributed by atoms with Crippen molar-refractivity contribution in [3.05, 3.63) is 41.0 Å². The van der Waals surface area contributed by atoms with Gasteiger partial charge in [-0.2, -0.15) is 0 Å². The largest absolute Gasteiger partial charge is 0.469 e. The van der Waals surface area contributed by atoms with E-state index in [9.17, 15) is 14.4 Å². The smallest absolute Gasteiger partial charge is 0.340 e. The Hall–Kier alpha value is -2.89. The first-order chi connectivity index (χ1) is 14.4. The Bertz CT molecular complexity index is 874. The summed E-state index contributed by atoms with van der Waals surface area (Å²) in [5.74, 6) is -1.03. The average Bonchev–Trinajstić information content (AvgIpc) is 2.83. The first-order valence-electron chi connectivity index (χ1n) is 10.5. The van der Waals surface area contributed by atoms with Crippen molar-refractivity contribution >= 4 is 23.5 Å². The number of ether oxygens (including phenoxy) is 2. The van der Waals surface area contributed by atoms with Gasteiger partial charge in [0.2, 0.25) is 5.91 Å². The van der Waals surface area contributed by atoms with Crippen molar-refractivity contribution in [2.75, 3.05) is 19.0 Å². The van der Waals surface area contributed by atoms with Gasteiger partial charge in [-0.3, -0.25) is 9.59 Å². The van der Waals surface area contributed by atoms with E-state index in [1.54, 1.807) is 13.0 Å². The van der Waals surface area contributed by atoms with Gasteiger partial charge in [-0.05, 0) is 42.0 Å². The molecular weight excluding hydrogens is 382 g/mol. The number of esters is 2. The Labute approximate surface area is 178 Å². The highest BCUT2D eigenvalue weighted by Crippen LogP contribution is 2.42. The van der Waals surface area contributed by atoms with Crippen molar-refractivity contribution in [3.8, 4) is 11.1 Å². The number of nitrogens with one attached hydrogen (secondary N) is 1. The van der Waals surface area contributed by atoms with Crippen molar-refractivity contribution in [1.82, 2.24) is 0 Å². The van der Waals surface area contributed by atoms with Gasteiger partial charge in [0.05, 0.1) is 31.4 Å². The first kappa shape index (κ1) is 23.4. The fraction of sp³-hybridized carbons (Fsp3) is 0.458. The molecule has 2 rings (SSSR count). The number of carbonyl (C=O) groups is 3. The highest BCUT2D eigenvalue weighted by molar-refractivity contribution is 6.10. The van der Waals surface area contributed by atoms with E-state index in [4.69, 9.17) is 9.47 Å². The number of anilines is 1. The molecule has 6 nitrogen and oxygen atoms in total. The molecule has 1 N–H and O–H groups in total. The van der Waals surface area contributed by atoms with Crippen LogP contribution in [-0.2, 0) is 31.9 Å². The van der Waals surface area contributed by atoms with Gasteiger partial charge in [0.25, 0.3) is 0 Å². The lowest BCUT2D eigenvalue weighted by Crippen LogP contribution is -2.12. The molecule has 2 aliphatic rings. The van der Waals surface area contributed by atoms with Crippen molar-refractivity contribution < 1.29 is 23.9 Å². The number of carbonyl (C=O) groups excluding carboxylic acids is 3. The second-order valence-corrected chi connectivity index (χ2v) is 7.26. The highest BCUT2D eigenvalue weighted by Gasteiger charge is 2.28. The molecule has 1 amide bonds. The summed E-state index contributed by atoms with van der Waals surface area (Å²) in [4.78, 5) is 36.4. The van der Waals surface area contributed by atoms with Crippen LogP contribution < -0.4 is 5.32 Å². The lowest BCUT2D eigenvalue weighted by molar-refractivity contribution is -0.139. The van der Waals surface area contributed by atoms with E-state index in [0.717, 1.165) is 48.8 Å². The molecule has 2 aliphatic carbocycles. The summed E-state index contributed by atoms with van der Waals surface area (Å²) < 4.78 is 10.1. The Morgan fingerprint density at radius 3 is 2.27 bits per heavy atom. The van der Waals surface area contributed by atoms with E-state index in [2.05, 4.69) is 12.2 Å². The van der Waals surface area contributed by atoms with E-state index < -0.39 is 5.97 Å². The number of hydrogen-bond acceptors (Lipinski definition) is 5. The van der Waals surface area contributed by atoms with Crippen LogP contribution in [0.15, 0.2) is 24.3 Å². The molecule has 0 aliphatic heterocycles. The Kier molecular flexibility index (Phi) is 8.84. The molecule has 0 saturated heterocycles. The van der Waals surface area contributed by atoms with Crippen LogP contribution in [0.4, 0.5) is 5.69 Å². The van der Waals surface area contributed by atoms with Crippen LogP contribution in [0.5, 0.6) is 0 Å². The summed E-state index contributed by atoms with van der Waals surface area (Å²) in [6.45, 7) is 5.58. The van der Waals surface area contributed by atoms with Crippen LogP contribution in [-0.4, -0.2) is 31.6 Å². The standard InChI is InChI=1S/C24H31NO5/c1-5-7-8-9-10-20-18-13-11-17(15-21(27)29-4)12-14-19(18)22(24(28)30-6-2)23(20)25-16(3)26/h11-14H,5-10,15H2,1-4H3,(H,25,26). The van der Waals surface area contributed by atoms with Crippen LogP contribution in [0.25, 0.3) is 11.1 Å². The van der Waals surface area contributed by atoms with Crippen LogP contribution in [0.3, 0.4) is 0 Å². The fourth-order valence-corrected chi connectivity index (χ4v) is 3.59. The topological polar surface area (TPSA) is 81.7 Å². The van der Waals surface area contributed by atoms with Crippen LogP contribution in [0.2, 0.25) is 0 Å². The number of rotatable bonds is 10. The maximum atomic E-state index is 12.8. The molecule has 0 saturated carbocycles. The van der Waals surface area contributed by atoms with Crippen molar-refractivity contribution in [1.29, 1.82) is 0 Å². The quantitative estimate of drug-likeness (QED) is 0.448. The van der Waals surface area contributed by atoms with Gasteiger partial charge in [0.1, 0.15) is 0 Å². The predicted octanol–water partition coefficient (Wildman–Crippen LogP) is 4.76. The summed E-state index contributed by atoms with van der Waals surface area (Å²) in [5.41, 5.74) is 4.21. The molecule has 6 heteroatoms. The zero-order valence-electron chi connectivity index (χ0n) is 18.3. The number of hydrogen-bond donors (Lipinski definition) is 1. The van der Waals surface area contributed by atoms with Gasteiger partial charge in [0, 0.05) is 6.92 Å². The summed E-state index contributed by atoms with van der Waals surface area (Å²) in [6.07, 6.45) is 5.17. The maximum absolute atomic E-state index is 12.8. The van der Waals surface area contributed by atoms with Crippen molar-refractivity contribution in [3.63, 3.8) is 0 Å². The van der Waals surface area contributed by atoms with Crippen molar-refractivity contribution in [2.45, 2.75) is 59.3 Å². The zero-order valence-corrected chi connectivity index (χ0v) is 18.3. The number of fused-ring (bicyclic) bond motifs is 1. The number of unbranched alkanes of at least 4 members (excludes halogenated alkanes) is 3. The molecule has 30 heavy (non-hydrogen) atoms. The summed E-state index contributed by atoms with van der Waals surface area (Å²) in [6, 6.07) is 7.40. The van der Waals surface area contributed by atoms with Crippen LogP contribution >= 0.6 is 0 Å². The lowest BCUT2D eigenvalue weighted by Gasteiger charge is -2.09. The lowest BCUT2D eigenvalue weighted by atomic mass is 10.0. The summed E-state index contributed by atoms with van der Waals surface area (Å²) >= 11 is 0. The molecule has 0 radical (unpaired) electrons. The van der Waals surface area contributed by atoms with Gasteiger partial charge in [-0.1, -0.05) is 50.5 Å². The third kappa shape index (κ3) is 5.81. The maximum Gasteiger partial charge on any atom is 0.340 e. The normalized spacial score (nSPS) is 10.7. The Morgan fingerprint density at radius 1 is 0.967 bits per heavy atom. The third-order valence-corrected chi connectivity index (χ3v) is 5.00. The zero-order chi connectivity index (χ0) is 22.1. The van der Waals surface area contributed by atoms with Crippen LogP contribution in [0, 0.1) is 0 Å². The summed E-state index contributed by atoms with van der Waals surface area (Å²) in [5, 5.41) is 2.86. The third-order valence-electron chi connectivity index (χ3n) is 5.00. The van der Waals surface area contributed by atoms with E-state index in [0.29, 0.717) is 16.8 Å². The van der Waals surface area contributed by atoms with Gasteiger partial charge < -0.3 is 14.8 Å². The fourth-order valence-electron chi connectivity index (χ4n) is 3.59. The number of methoxy groups -OCH3 is 1. The molecule has 0 unspecified atom stereocenters. The van der Waals surface area contributed by atoms with Crippen molar-refractivity contribution in [2.24, 2.45) is 0 Å². The number of amides is 1. The molecule has 0 spiro atoms. The molecule has 0 bridgehead atoms. The second-order valence-electron chi connectivity index (χ2n) is 7.26. The molecule has 0 fully saturated rings. The van der Waals surface area contributed by atoms with E-state index >= 15 is 0 Å². The predicted molar refractivity (Wildman–Crippen MR) is 117 cm³/mol. The Balaban J connectivity index is 2.62. The molecule has 162 valence electrons. The van der Waals surface area contributed by atoms with Crippen LogP contribution in [0.1, 0.15) is 67.9 Å². The molecule has 0 aromatic rings. The van der Waals surface area contributed by atoms with E-state index in [1.165, 1.54) is 14.0 Å². The molecular formula is C24H31NO5. The molecule has 0 aromatic heterocycles. The molecule has 0 heterocycles. The van der Waals surface area contributed by atoms with Gasteiger partial charge in [-0.25, -0.2) is 4.79 Å². The highest BCUT2D eigenvalue weighted by atomic mass is 16.5. The molecule has 0 aromatic carbocycles. The van der Waals surface area contributed by atoms with E-state index in [1.807, 2.05) is 18.2 Å². The Morgan fingerprint density at radius 2 is 1.67 bits per heavy atom. The van der Waals surface area contributed by atoms with Gasteiger partial charge >= 0.3 is 11.9 Å². The minimum absolute atomic E-state index is 0.146. The van der Waals surface area contributed by atoms with E-state index in [-0.39, 0.29) is 24.9 Å². The van der Waals surface area contributed by atoms with Gasteiger partial charge in [0.15, 0.2) is 0 Å². The van der Waals surface area contributed by atoms with Gasteiger partial charge in [-0.15, -0.1) is 0 Å².